The molecule has 2 rings (SSSR count). The number of benzene rings is 1. The van der Waals surface area contributed by atoms with Crippen molar-refractivity contribution in [3.63, 3.8) is 0 Å². The lowest BCUT2D eigenvalue weighted by molar-refractivity contribution is 0.793. The second-order valence-electron chi connectivity index (χ2n) is 3.89. The summed E-state index contributed by atoms with van der Waals surface area (Å²) in [7, 11) is 0. The molecule has 0 amide bonds. The summed E-state index contributed by atoms with van der Waals surface area (Å²) in [4.78, 5) is 12.1. The van der Waals surface area contributed by atoms with E-state index in [-0.39, 0.29) is 5.56 Å². The standard InChI is InChI=1S/C12H11BrCl2N2O/c1-2-3-9-11(13)12(18)17(16-9)10-5-4-7(14)6-8(10)15/h4-6,16H,2-3H2,1H3. The molecule has 0 bridgehead atoms. The van der Waals surface area contributed by atoms with Crippen LogP contribution in [0.1, 0.15) is 19.0 Å². The van der Waals surface area contributed by atoms with Crippen molar-refractivity contribution in [2.24, 2.45) is 0 Å². The molecule has 18 heavy (non-hydrogen) atoms. The highest BCUT2D eigenvalue weighted by Gasteiger charge is 2.14. The molecule has 96 valence electrons. The highest BCUT2D eigenvalue weighted by molar-refractivity contribution is 9.10. The third kappa shape index (κ3) is 2.51. The van der Waals surface area contributed by atoms with Crippen molar-refractivity contribution in [3.05, 3.63) is 48.8 Å². The Labute approximate surface area is 123 Å². The molecule has 2 aromatic rings. The van der Waals surface area contributed by atoms with Gasteiger partial charge in [0.2, 0.25) is 0 Å². The van der Waals surface area contributed by atoms with E-state index in [1.807, 2.05) is 0 Å². The quantitative estimate of drug-likeness (QED) is 0.886. The molecule has 0 saturated carbocycles. The Balaban J connectivity index is 2.57. The van der Waals surface area contributed by atoms with E-state index in [0.29, 0.717) is 20.2 Å². The van der Waals surface area contributed by atoms with Gasteiger partial charge in [-0.05, 0) is 40.5 Å². The topological polar surface area (TPSA) is 37.8 Å². The molecule has 3 nitrogen and oxygen atoms in total. The Morgan fingerprint density at radius 3 is 2.72 bits per heavy atom. The number of hydrogen-bond acceptors (Lipinski definition) is 1. The number of H-pyrrole nitrogens is 1. The van der Waals surface area contributed by atoms with Gasteiger partial charge in [0, 0.05) is 5.02 Å². The van der Waals surface area contributed by atoms with Crippen LogP contribution in [0.5, 0.6) is 0 Å². The second kappa shape index (κ2) is 5.51. The van der Waals surface area contributed by atoms with Crippen LogP contribution in [-0.2, 0) is 6.42 Å². The van der Waals surface area contributed by atoms with Gasteiger partial charge in [-0.1, -0.05) is 36.5 Å². The first-order valence-electron chi connectivity index (χ1n) is 5.49. The normalized spacial score (nSPS) is 10.9. The van der Waals surface area contributed by atoms with Gasteiger partial charge in [-0.15, -0.1) is 0 Å². The third-order valence-corrected chi connectivity index (χ3v) is 3.91. The summed E-state index contributed by atoms with van der Waals surface area (Å²) in [5.74, 6) is 0. The van der Waals surface area contributed by atoms with E-state index in [0.717, 1.165) is 18.5 Å². The summed E-state index contributed by atoms with van der Waals surface area (Å²) >= 11 is 15.2. The molecule has 0 fully saturated rings. The average molecular weight is 350 g/mol. The zero-order valence-corrected chi connectivity index (χ0v) is 12.7. The van der Waals surface area contributed by atoms with Gasteiger partial charge in [0.05, 0.1) is 16.4 Å². The van der Waals surface area contributed by atoms with Gasteiger partial charge in [-0.3, -0.25) is 9.89 Å². The first-order chi connectivity index (χ1) is 8.54. The molecule has 0 radical (unpaired) electrons. The van der Waals surface area contributed by atoms with E-state index in [1.54, 1.807) is 18.2 Å². The Morgan fingerprint density at radius 2 is 2.11 bits per heavy atom. The summed E-state index contributed by atoms with van der Waals surface area (Å²) in [5.41, 5.74) is 1.31. The van der Waals surface area contributed by atoms with Crippen molar-refractivity contribution < 1.29 is 0 Å². The van der Waals surface area contributed by atoms with Crippen LogP contribution in [-0.4, -0.2) is 9.78 Å². The van der Waals surface area contributed by atoms with E-state index >= 15 is 0 Å². The maximum Gasteiger partial charge on any atom is 0.285 e. The monoisotopic (exact) mass is 348 g/mol. The van der Waals surface area contributed by atoms with E-state index in [1.165, 1.54) is 4.68 Å². The van der Waals surface area contributed by atoms with Crippen molar-refractivity contribution in [1.29, 1.82) is 0 Å². The highest BCUT2D eigenvalue weighted by atomic mass is 79.9. The zero-order valence-electron chi connectivity index (χ0n) is 9.64. The molecule has 0 aliphatic carbocycles. The van der Waals surface area contributed by atoms with E-state index < -0.39 is 0 Å². The fourth-order valence-corrected chi connectivity index (χ4v) is 2.67. The van der Waals surface area contributed by atoms with Gasteiger partial charge in [0.1, 0.15) is 4.47 Å². The predicted octanol–water partition coefficient (Wildman–Crippen LogP) is 4.19. The number of aromatic amines is 1. The highest BCUT2D eigenvalue weighted by Crippen LogP contribution is 2.24. The predicted molar refractivity (Wildman–Crippen MR) is 78.1 cm³/mol. The number of nitrogens with zero attached hydrogens (tertiary/aromatic N) is 1. The van der Waals surface area contributed by atoms with Gasteiger partial charge in [-0.25, -0.2) is 4.68 Å². The molecule has 6 heteroatoms. The van der Waals surface area contributed by atoms with Crippen molar-refractivity contribution in [1.82, 2.24) is 9.78 Å². The van der Waals surface area contributed by atoms with E-state index in [9.17, 15) is 4.79 Å². The number of hydrogen-bond donors (Lipinski definition) is 1. The first-order valence-corrected chi connectivity index (χ1v) is 7.04. The molecule has 1 aromatic carbocycles. The molecule has 1 aromatic heterocycles. The lowest BCUT2D eigenvalue weighted by atomic mass is 10.3. The minimum atomic E-state index is -0.150. The maximum atomic E-state index is 12.1. The lowest BCUT2D eigenvalue weighted by Crippen LogP contribution is -2.15. The lowest BCUT2D eigenvalue weighted by Gasteiger charge is -2.04. The molecular weight excluding hydrogens is 339 g/mol. The molecule has 0 saturated heterocycles. The van der Waals surface area contributed by atoms with Crippen LogP contribution in [0.2, 0.25) is 10.0 Å². The summed E-state index contributed by atoms with van der Waals surface area (Å²) in [6.07, 6.45) is 1.75. The zero-order chi connectivity index (χ0) is 13.3. The number of aromatic nitrogens is 2. The Hall–Kier alpha value is -0.710. The van der Waals surface area contributed by atoms with Crippen LogP contribution >= 0.6 is 39.1 Å². The van der Waals surface area contributed by atoms with Crippen LogP contribution in [0.15, 0.2) is 27.5 Å². The number of nitrogens with one attached hydrogen (secondary N) is 1. The minimum Gasteiger partial charge on any atom is -0.294 e. The molecular formula is C12H11BrCl2N2O. The Morgan fingerprint density at radius 1 is 1.39 bits per heavy atom. The van der Waals surface area contributed by atoms with Crippen LogP contribution in [0.4, 0.5) is 0 Å². The van der Waals surface area contributed by atoms with Gasteiger partial charge in [-0.2, -0.15) is 0 Å². The van der Waals surface area contributed by atoms with Crippen molar-refractivity contribution in [2.45, 2.75) is 19.8 Å². The van der Waals surface area contributed by atoms with Gasteiger partial charge < -0.3 is 0 Å². The van der Waals surface area contributed by atoms with Crippen LogP contribution in [0.25, 0.3) is 5.69 Å². The third-order valence-electron chi connectivity index (χ3n) is 2.55. The van der Waals surface area contributed by atoms with Crippen LogP contribution in [0.3, 0.4) is 0 Å². The van der Waals surface area contributed by atoms with Crippen LogP contribution < -0.4 is 5.56 Å². The Bertz CT molecular complexity index is 633. The molecule has 0 unspecified atom stereocenters. The van der Waals surface area contributed by atoms with Crippen molar-refractivity contribution in [2.75, 3.05) is 0 Å². The van der Waals surface area contributed by atoms with E-state index in [2.05, 4.69) is 28.0 Å². The molecule has 0 atom stereocenters. The molecule has 1 N–H and O–H groups in total. The fraction of sp³-hybridized carbons (Fsp3) is 0.250. The van der Waals surface area contributed by atoms with E-state index in [4.69, 9.17) is 23.2 Å². The molecule has 0 aliphatic heterocycles. The fourth-order valence-electron chi connectivity index (χ4n) is 1.71. The smallest absolute Gasteiger partial charge is 0.285 e. The summed E-state index contributed by atoms with van der Waals surface area (Å²) in [6.45, 7) is 2.05. The number of aryl methyl sites for hydroxylation is 1. The molecule has 1 heterocycles. The van der Waals surface area contributed by atoms with Gasteiger partial charge in [0.25, 0.3) is 5.56 Å². The minimum absolute atomic E-state index is 0.150. The van der Waals surface area contributed by atoms with Gasteiger partial charge >= 0.3 is 0 Å². The molecule has 0 spiro atoms. The Kier molecular flexibility index (Phi) is 4.20. The molecule has 0 aliphatic rings. The maximum absolute atomic E-state index is 12.1. The summed E-state index contributed by atoms with van der Waals surface area (Å²) < 4.78 is 1.98. The largest absolute Gasteiger partial charge is 0.294 e. The second-order valence-corrected chi connectivity index (χ2v) is 5.53. The summed E-state index contributed by atoms with van der Waals surface area (Å²) in [6, 6.07) is 5.02. The number of rotatable bonds is 3. The van der Waals surface area contributed by atoms with Gasteiger partial charge in [0.15, 0.2) is 0 Å². The first kappa shape index (κ1) is 13.7. The summed E-state index contributed by atoms with van der Waals surface area (Å²) in [5, 5.41) is 4.03. The number of halogens is 3. The van der Waals surface area contributed by atoms with Crippen LogP contribution in [0, 0.1) is 0 Å². The van der Waals surface area contributed by atoms with Crippen molar-refractivity contribution in [3.8, 4) is 5.69 Å². The van der Waals surface area contributed by atoms with Crippen molar-refractivity contribution >= 4 is 39.1 Å². The average Bonchev–Trinajstić information content (AvgIpc) is 2.58. The SMILES string of the molecule is CCCc1[nH]n(-c2ccc(Cl)cc2Cl)c(=O)c1Br.